The minimum Gasteiger partial charge on any atom is -0.415 e. The highest BCUT2D eigenvalue weighted by atomic mass is 19.1. The Morgan fingerprint density at radius 2 is 1.85 bits per heavy atom. The molecule has 6 rings (SSSR count). The molecule has 27 heavy (non-hydrogen) atoms. The molecule has 0 aliphatic carbocycles. The van der Waals surface area contributed by atoms with Crippen molar-refractivity contribution in [3.8, 4) is 0 Å². The van der Waals surface area contributed by atoms with Gasteiger partial charge in [0.25, 0.3) is 0 Å². The van der Waals surface area contributed by atoms with Crippen molar-refractivity contribution in [1.82, 2.24) is 14.4 Å². The SMILES string of the molecule is Cc1cccc2cc3c(cc12)c1ccc2oc(F)nc2c1n1c(C)cnc31. The maximum Gasteiger partial charge on any atom is 0.382 e. The van der Waals surface area contributed by atoms with Gasteiger partial charge in [0.2, 0.25) is 0 Å². The molecule has 4 nitrogen and oxygen atoms in total. The summed E-state index contributed by atoms with van der Waals surface area (Å²) < 4.78 is 20.9. The van der Waals surface area contributed by atoms with Crippen LogP contribution in [0.25, 0.3) is 49.2 Å². The second-order valence-electron chi connectivity index (χ2n) is 7.03. The number of rotatable bonds is 0. The number of benzene rings is 3. The van der Waals surface area contributed by atoms with Gasteiger partial charge in [0, 0.05) is 22.7 Å². The molecule has 0 saturated carbocycles. The molecule has 0 amide bonds. The molecule has 0 N–H and O–H groups in total. The smallest absolute Gasteiger partial charge is 0.382 e. The van der Waals surface area contributed by atoms with E-state index in [0.29, 0.717) is 11.1 Å². The van der Waals surface area contributed by atoms with Gasteiger partial charge >= 0.3 is 6.14 Å². The molecule has 3 aromatic heterocycles. The van der Waals surface area contributed by atoms with Crippen molar-refractivity contribution in [3.63, 3.8) is 0 Å². The first-order valence-corrected chi connectivity index (χ1v) is 8.80. The molecule has 6 aromatic rings. The second-order valence-corrected chi connectivity index (χ2v) is 7.03. The minimum absolute atomic E-state index is 0.436. The lowest BCUT2D eigenvalue weighted by Crippen LogP contribution is -1.95. The normalized spacial score (nSPS) is 12.3. The van der Waals surface area contributed by atoms with E-state index in [0.717, 1.165) is 33.0 Å². The van der Waals surface area contributed by atoms with Crippen LogP contribution in [0.1, 0.15) is 11.3 Å². The molecule has 0 saturated heterocycles. The fourth-order valence-corrected chi connectivity index (χ4v) is 4.20. The fourth-order valence-electron chi connectivity index (χ4n) is 4.20. The molecule has 130 valence electrons. The van der Waals surface area contributed by atoms with Crippen molar-refractivity contribution < 1.29 is 8.81 Å². The van der Waals surface area contributed by atoms with Crippen molar-refractivity contribution in [1.29, 1.82) is 0 Å². The summed E-state index contributed by atoms with van der Waals surface area (Å²) in [7, 11) is 0. The van der Waals surface area contributed by atoms with E-state index in [2.05, 4.69) is 47.2 Å². The lowest BCUT2D eigenvalue weighted by molar-refractivity contribution is 0.355. The monoisotopic (exact) mass is 355 g/mol. The molecule has 3 heterocycles. The first-order chi connectivity index (χ1) is 13.1. The van der Waals surface area contributed by atoms with E-state index in [1.54, 1.807) is 6.07 Å². The number of oxazole rings is 1. The average molecular weight is 355 g/mol. The zero-order valence-electron chi connectivity index (χ0n) is 14.7. The van der Waals surface area contributed by atoms with Crippen LogP contribution >= 0.6 is 0 Å². The van der Waals surface area contributed by atoms with Crippen molar-refractivity contribution in [2.45, 2.75) is 13.8 Å². The zero-order valence-corrected chi connectivity index (χ0v) is 14.7. The van der Waals surface area contributed by atoms with E-state index in [1.165, 1.54) is 16.3 Å². The van der Waals surface area contributed by atoms with Crippen LogP contribution in [0.3, 0.4) is 0 Å². The van der Waals surface area contributed by atoms with Crippen LogP contribution in [0.4, 0.5) is 4.39 Å². The molecule has 0 aliphatic heterocycles. The summed E-state index contributed by atoms with van der Waals surface area (Å²) in [5.74, 6) is 0. The number of hydrogen-bond donors (Lipinski definition) is 0. The first kappa shape index (κ1) is 14.7. The number of hydrogen-bond acceptors (Lipinski definition) is 3. The van der Waals surface area contributed by atoms with Crippen LogP contribution in [-0.4, -0.2) is 14.4 Å². The van der Waals surface area contributed by atoms with Crippen molar-refractivity contribution in [2.24, 2.45) is 0 Å². The molecule has 0 aliphatic rings. The number of aromatic nitrogens is 3. The zero-order chi connectivity index (χ0) is 18.3. The van der Waals surface area contributed by atoms with Gasteiger partial charge in [-0.2, -0.15) is 4.98 Å². The molecule has 0 fully saturated rings. The van der Waals surface area contributed by atoms with Gasteiger partial charge in [-0.25, -0.2) is 4.98 Å². The van der Waals surface area contributed by atoms with Crippen LogP contribution < -0.4 is 0 Å². The molecule has 0 bridgehead atoms. The number of pyridine rings is 1. The Labute approximate surface area is 152 Å². The molecule has 5 heteroatoms. The molecule has 0 atom stereocenters. The first-order valence-electron chi connectivity index (χ1n) is 8.80. The topological polar surface area (TPSA) is 43.3 Å². The summed E-state index contributed by atoms with van der Waals surface area (Å²) in [5.41, 5.74) is 4.81. The summed E-state index contributed by atoms with van der Waals surface area (Å²) in [5, 5.41) is 5.53. The second kappa shape index (κ2) is 4.82. The maximum atomic E-state index is 13.7. The Morgan fingerprint density at radius 1 is 0.963 bits per heavy atom. The number of imidazole rings is 1. The molecular weight excluding hydrogens is 341 g/mol. The van der Waals surface area contributed by atoms with Crippen LogP contribution in [0.5, 0.6) is 0 Å². The Bertz CT molecular complexity index is 1560. The van der Waals surface area contributed by atoms with E-state index in [-0.39, 0.29) is 0 Å². The molecule has 0 radical (unpaired) electrons. The average Bonchev–Trinajstić information content (AvgIpc) is 3.23. The van der Waals surface area contributed by atoms with Gasteiger partial charge in [-0.1, -0.05) is 18.2 Å². The third-order valence-corrected chi connectivity index (χ3v) is 5.44. The largest absolute Gasteiger partial charge is 0.415 e. The van der Waals surface area contributed by atoms with E-state index in [9.17, 15) is 4.39 Å². The van der Waals surface area contributed by atoms with Crippen LogP contribution in [-0.2, 0) is 0 Å². The van der Waals surface area contributed by atoms with Gasteiger partial charge in [0.05, 0.1) is 5.52 Å². The Kier molecular flexibility index (Phi) is 2.62. The van der Waals surface area contributed by atoms with Gasteiger partial charge in [-0.15, -0.1) is 4.39 Å². The van der Waals surface area contributed by atoms with Crippen molar-refractivity contribution in [2.75, 3.05) is 0 Å². The summed E-state index contributed by atoms with van der Waals surface area (Å²) in [6, 6.07) is 14.5. The Morgan fingerprint density at radius 3 is 2.74 bits per heavy atom. The summed E-state index contributed by atoms with van der Waals surface area (Å²) in [4.78, 5) is 8.67. The number of halogens is 1. The minimum atomic E-state index is -0.821. The standard InChI is InChI=1S/C22H14FN3O/c1-11-4-3-5-13-8-17-16(9-15(11)13)14-6-7-18-19(25-22(23)27-18)20(14)26-12(2)10-24-21(17)26/h3-10H,1-2H3. The quantitative estimate of drug-likeness (QED) is 0.260. The third kappa shape index (κ3) is 1.81. The van der Waals surface area contributed by atoms with E-state index in [1.807, 2.05) is 23.6 Å². The number of fused-ring (bicyclic) bond motifs is 9. The lowest BCUT2D eigenvalue weighted by Gasteiger charge is -2.12. The highest BCUT2D eigenvalue weighted by Gasteiger charge is 2.18. The Balaban J connectivity index is 2.00. The van der Waals surface area contributed by atoms with Crippen LogP contribution in [0.2, 0.25) is 0 Å². The van der Waals surface area contributed by atoms with Crippen LogP contribution in [0, 0.1) is 20.0 Å². The van der Waals surface area contributed by atoms with Crippen molar-refractivity contribution >= 4 is 49.2 Å². The molecule has 3 aromatic carbocycles. The fraction of sp³-hybridized carbons (Fsp3) is 0.0909. The van der Waals surface area contributed by atoms with E-state index < -0.39 is 6.14 Å². The predicted molar refractivity (Wildman–Crippen MR) is 105 cm³/mol. The van der Waals surface area contributed by atoms with Gasteiger partial charge < -0.3 is 4.42 Å². The summed E-state index contributed by atoms with van der Waals surface area (Å²) in [6.45, 7) is 4.10. The molecule has 0 unspecified atom stereocenters. The molecule has 0 spiro atoms. The van der Waals surface area contributed by atoms with Crippen LogP contribution in [0.15, 0.2) is 53.1 Å². The van der Waals surface area contributed by atoms with E-state index >= 15 is 0 Å². The van der Waals surface area contributed by atoms with Gasteiger partial charge in [-0.3, -0.25) is 4.40 Å². The predicted octanol–water partition coefficient (Wildman–Crippen LogP) is 5.69. The maximum absolute atomic E-state index is 13.7. The molecular formula is C22H14FN3O. The highest BCUT2D eigenvalue weighted by Crippen LogP contribution is 2.36. The summed E-state index contributed by atoms with van der Waals surface area (Å²) in [6.07, 6.45) is 1.02. The number of nitrogens with zero attached hydrogens (tertiary/aromatic N) is 3. The van der Waals surface area contributed by atoms with Crippen molar-refractivity contribution in [3.05, 3.63) is 66.1 Å². The van der Waals surface area contributed by atoms with Gasteiger partial charge in [0.15, 0.2) is 5.58 Å². The summed E-state index contributed by atoms with van der Waals surface area (Å²) >= 11 is 0. The highest BCUT2D eigenvalue weighted by molar-refractivity contribution is 6.20. The Hall–Kier alpha value is -3.47. The van der Waals surface area contributed by atoms with Gasteiger partial charge in [0.1, 0.15) is 11.2 Å². The lowest BCUT2D eigenvalue weighted by atomic mass is 9.98. The third-order valence-electron chi connectivity index (χ3n) is 5.44. The number of aryl methyl sites for hydroxylation is 2. The van der Waals surface area contributed by atoms with E-state index in [4.69, 9.17) is 4.42 Å². The van der Waals surface area contributed by atoms with Gasteiger partial charge in [-0.05, 0) is 59.8 Å².